The third-order valence-corrected chi connectivity index (χ3v) is 3.27. The zero-order valence-electron chi connectivity index (χ0n) is 9.38. The van der Waals surface area contributed by atoms with Gasteiger partial charge < -0.3 is 10.4 Å². The van der Waals surface area contributed by atoms with Gasteiger partial charge in [-0.15, -0.1) is 0 Å². The SMILES string of the molecule is CCC(NC(=O)C1(C)CCCC1)C(=O)O. The summed E-state index contributed by atoms with van der Waals surface area (Å²) in [4.78, 5) is 22.6. The summed E-state index contributed by atoms with van der Waals surface area (Å²) >= 11 is 0. The van der Waals surface area contributed by atoms with Crippen molar-refractivity contribution >= 4 is 11.9 Å². The predicted molar refractivity (Wildman–Crippen MR) is 56.4 cm³/mol. The lowest BCUT2D eigenvalue weighted by Gasteiger charge is -2.24. The fourth-order valence-electron chi connectivity index (χ4n) is 2.05. The highest BCUT2D eigenvalue weighted by Crippen LogP contribution is 2.37. The van der Waals surface area contributed by atoms with Crippen molar-refractivity contribution in [3.8, 4) is 0 Å². The Labute approximate surface area is 90.0 Å². The summed E-state index contributed by atoms with van der Waals surface area (Å²) in [6.07, 6.45) is 4.29. The Hall–Kier alpha value is -1.06. The summed E-state index contributed by atoms with van der Waals surface area (Å²) in [5, 5.41) is 11.4. The normalized spacial score (nSPS) is 20.9. The molecule has 4 heteroatoms. The van der Waals surface area contributed by atoms with Crippen molar-refractivity contribution in [3.05, 3.63) is 0 Å². The number of aliphatic carboxylic acids is 1. The number of amides is 1. The highest BCUT2D eigenvalue weighted by atomic mass is 16.4. The van der Waals surface area contributed by atoms with Gasteiger partial charge in [0.2, 0.25) is 5.91 Å². The third kappa shape index (κ3) is 2.70. The molecule has 0 radical (unpaired) electrons. The van der Waals surface area contributed by atoms with Crippen LogP contribution in [0.2, 0.25) is 0 Å². The van der Waals surface area contributed by atoms with E-state index in [-0.39, 0.29) is 11.3 Å². The van der Waals surface area contributed by atoms with Crippen molar-refractivity contribution in [2.45, 2.75) is 52.0 Å². The summed E-state index contributed by atoms with van der Waals surface area (Å²) in [5.74, 6) is -1.05. The summed E-state index contributed by atoms with van der Waals surface area (Å²) in [5.41, 5.74) is -0.344. The topological polar surface area (TPSA) is 66.4 Å². The minimum Gasteiger partial charge on any atom is -0.480 e. The van der Waals surface area contributed by atoms with Gasteiger partial charge in [-0.3, -0.25) is 4.79 Å². The van der Waals surface area contributed by atoms with Crippen molar-refractivity contribution in [3.63, 3.8) is 0 Å². The molecule has 0 aromatic carbocycles. The summed E-state index contributed by atoms with van der Waals surface area (Å²) in [7, 11) is 0. The molecule has 1 saturated carbocycles. The lowest BCUT2D eigenvalue weighted by Crippen LogP contribution is -2.46. The van der Waals surface area contributed by atoms with E-state index in [2.05, 4.69) is 5.32 Å². The molecule has 1 rings (SSSR count). The van der Waals surface area contributed by atoms with Gasteiger partial charge in [-0.2, -0.15) is 0 Å². The molecule has 15 heavy (non-hydrogen) atoms. The Kier molecular flexibility index (Phi) is 3.72. The van der Waals surface area contributed by atoms with Crippen LogP contribution >= 0.6 is 0 Å². The molecule has 1 aliphatic rings. The molecule has 0 saturated heterocycles. The molecule has 1 amide bonds. The number of hydrogen-bond donors (Lipinski definition) is 2. The number of carbonyl (C=O) groups is 2. The molecule has 1 atom stereocenters. The minimum absolute atomic E-state index is 0.103. The molecular weight excluding hydrogens is 194 g/mol. The average Bonchev–Trinajstić information content (AvgIpc) is 2.61. The molecule has 4 nitrogen and oxygen atoms in total. The van der Waals surface area contributed by atoms with Crippen LogP contribution < -0.4 is 5.32 Å². The maximum atomic E-state index is 11.9. The van der Waals surface area contributed by atoms with Crippen molar-refractivity contribution in [2.24, 2.45) is 5.41 Å². The molecule has 1 aliphatic carbocycles. The van der Waals surface area contributed by atoms with Crippen LogP contribution in [0.1, 0.15) is 46.0 Å². The largest absolute Gasteiger partial charge is 0.480 e. The molecule has 1 fully saturated rings. The number of carboxylic acids is 1. The monoisotopic (exact) mass is 213 g/mol. The van der Waals surface area contributed by atoms with E-state index < -0.39 is 12.0 Å². The van der Waals surface area contributed by atoms with E-state index in [0.29, 0.717) is 6.42 Å². The van der Waals surface area contributed by atoms with Crippen LogP contribution in [0.3, 0.4) is 0 Å². The first-order valence-corrected chi connectivity index (χ1v) is 5.53. The van der Waals surface area contributed by atoms with Crippen molar-refractivity contribution in [2.75, 3.05) is 0 Å². The summed E-state index contributed by atoms with van der Waals surface area (Å²) < 4.78 is 0. The van der Waals surface area contributed by atoms with E-state index in [1.54, 1.807) is 6.92 Å². The molecule has 0 aromatic heterocycles. The molecule has 0 aromatic rings. The van der Waals surface area contributed by atoms with E-state index in [1.807, 2.05) is 6.92 Å². The second kappa shape index (κ2) is 4.64. The Balaban J connectivity index is 2.57. The Morgan fingerprint density at radius 2 is 1.93 bits per heavy atom. The number of carbonyl (C=O) groups excluding carboxylic acids is 1. The molecule has 0 spiro atoms. The number of hydrogen-bond acceptors (Lipinski definition) is 2. The quantitative estimate of drug-likeness (QED) is 0.744. The fraction of sp³-hybridized carbons (Fsp3) is 0.818. The van der Waals surface area contributed by atoms with Crippen molar-refractivity contribution in [1.29, 1.82) is 0 Å². The average molecular weight is 213 g/mol. The molecule has 2 N–H and O–H groups in total. The van der Waals surface area contributed by atoms with Gasteiger partial charge in [-0.05, 0) is 19.3 Å². The van der Waals surface area contributed by atoms with E-state index in [9.17, 15) is 9.59 Å². The van der Waals surface area contributed by atoms with Gasteiger partial charge in [0.25, 0.3) is 0 Å². The van der Waals surface area contributed by atoms with Crippen molar-refractivity contribution in [1.82, 2.24) is 5.32 Å². The van der Waals surface area contributed by atoms with Crippen LogP contribution in [0.25, 0.3) is 0 Å². The minimum atomic E-state index is -0.951. The molecular formula is C11H19NO3. The third-order valence-electron chi connectivity index (χ3n) is 3.27. The Bertz CT molecular complexity index is 257. The number of rotatable bonds is 4. The van der Waals surface area contributed by atoms with Crippen LogP contribution in [0, 0.1) is 5.41 Å². The second-order valence-electron chi connectivity index (χ2n) is 4.54. The van der Waals surface area contributed by atoms with Gasteiger partial charge in [-0.25, -0.2) is 4.79 Å². The number of nitrogens with one attached hydrogen (secondary N) is 1. The van der Waals surface area contributed by atoms with Crippen LogP contribution in [0.5, 0.6) is 0 Å². The first-order chi connectivity index (χ1) is 6.99. The van der Waals surface area contributed by atoms with Gasteiger partial charge in [0.15, 0.2) is 0 Å². The highest BCUT2D eigenvalue weighted by molar-refractivity contribution is 5.87. The van der Waals surface area contributed by atoms with Crippen LogP contribution in [-0.2, 0) is 9.59 Å². The lowest BCUT2D eigenvalue weighted by molar-refractivity contribution is -0.143. The standard InChI is InChI=1S/C11H19NO3/c1-3-8(9(13)14)12-10(15)11(2)6-4-5-7-11/h8H,3-7H2,1-2H3,(H,12,15)(H,13,14). The zero-order chi connectivity index (χ0) is 11.5. The molecule has 0 aliphatic heterocycles. The molecule has 86 valence electrons. The smallest absolute Gasteiger partial charge is 0.326 e. The lowest BCUT2D eigenvalue weighted by atomic mass is 9.87. The van der Waals surface area contributed by atoms with Gasteiger partial charge in [0.1, 0.15) is 6.04 Å². The van der Waals surface area contributed by atoms with Crippen LogP contribution in [-0.4, -0.2) is 23.0 Å². The van der Waals surface area contributed by atoms with E-state index in [0.717, 1.165) is 25.7 Å². The first kappa shape index (κ1) is 12.0. The Morgan fingerprint density at radius 1 is 1.40 bits per heavy atom. The van der Waals surface area contributed by atoms with Gasteiger partial charge >= 0.3 is 5.97 Å². The molecule has 0 bridgehead atoms. The molecule has 1 unspecified atom stereocenters. The second-order valence-corrected chi connectivity index (χ2v) is 4.54. The summed E-state index contributed by atoms with van der Waals surface area (Å²) in [6, 6.07) is -0.741. The predicted octanol–water partition coefficient (Wildman–Crippen LogP) is 1.55. The maximum absolute atomic E-state index is 11.9. The maximum Gasteiger partial charge on any atom is 0.326 e. The van der Waals surface area contributed by atoms with Crippen LogP contribution in [0.4, 0.5) is 0 Å². The number of carboxylic acid groups (broad SMARTS) is 1. The first-order valence-electron chi connectivity index (χ1n) is 5.53. The Morgan fingerprint density at radius 3 is 2.33 bits per heavy atom. The van der Waals surface area contributed by atoms with E-state index >= 15 is 0 Å². The van der Waals surface area contributed by atoms with Gasteiger partial charge in [0.05, 0.1) is 0 Å². The zero-order valence-corrected chi connectivity index (χ0v) is 9.38. The van der Waals surface area contributed by atoms with Crippen LogP contribution in [0.15, 0.2) is 0 Å². The summed E-state index contributed by atoms with van der Waals surface area (Å²) in [6.45, 7) is 3.68. The molecule has 0 heterocycles. The van der Waals surface area contributed by atoms with E-state index in [4.69, 9.17) is 5.11 Å². The highest BCUT2D eigenvalue weighted by Gasteiger charge is 2.37. The van der Waals surface area contributed by atoms with Gasteiger partial charge in [-0.1, -0.05) is 26.7 Å². The van der Waals surface area contributed by atoms with E-state index in [1.165, 1.54) is 0 Å². The van der Waals surface area contributed by atoms with Crippen molar-refractivity contribution < 1.29 is 14.7 Å². The van der Waals surface area contributed by atoms with Gasteiger partial charge in [0, 0.05) is 5.41 Å². The fourth-order valence-corrected chi connectivity index (χ4v) is 2.05.